The molecule has 3 N–H and O–H groups in total. The molecule has 9 nitrogen and oxygen atoms in total. The maximum absolute atomic E-state index is 11.9. The number of carbonyl (C=O) groups is 1. The first-order valence-corrected chi connectivity index (χ1v) is 11.4. The Bertz CT molecular complexity index is 1300. The number of amides is 1. The average molecular weight is 490 g/mol. The van der Waals surface area contributed by atoms with E-state index in [1.54, 1.807) is 18.2 Å². The Morgan fingerprint density at radius 3 is 2.66 bits per heavy atom. The van der Waals surface area contributed by atoms with Gasteiger partial charge in [-0.2, -0.15) is 10.2 Å². The van der Waals surface area contributed by atoms with Crippen LogP contribution in [0.5, 0.6) is 5.75 Å². The average Bonchev–Trinajstić information content (AvgIpc) is 3.42. The maximum atomic E-state index is 11.9. The van der Waals surface area contributed by atoms with Crippen LogP contribution < -0.4 is 25.6 Å². The monoisotopic (exact) mass is 489 g/mol. The second-order valence-corrected chi connectivity index (χ2v) is 8.19. The van der Waals surface area contributed by atoms with E-state index in [9.17, 15) is 10.1 Å². The number of aromatic nitrogens is 2. The summed E-state index contributed by atoms with van der Waals surface area (Å²) in [6, 6.07) is 13.1. The third-order valence-electron chi connectivity index (χ3n) is 5.51. The Balaban J connectivity index is 1.59. The molecule has 0 bridgehead atoms. The maximum Gasteiger partial charge on any atom is 0.247 e. The molecule has 1 aliphatic rings. The molecule has 10 heteroatoms. The second-order valence-electron chi connectivity index (χ2n) is 7.78. The van der Waals surface area contributed by atoms with Gasteiger partial charge in [0.15, 0.2) is 5.82 Å². The molecule has 0 unspecified atom stereocenters. The molecule has 35 heavy (non-hydrogen) atoms. The molecule has 178 valence electrons. The zero-order chi connectivity index (χ0) is 24.8. The van der Waals surface area contributed by atoms with Crippen molar-refractivity contribution in [2.75, 3.05) is 41.0 Å². The van der Waals surface area contributed by atoms with Gasteiger partial charge >= 0.3 is 0 Å². The summed E-state index contributed by atoms with van der Waals surface area (Å²) in [5.74, 6) is 0.759. The summed E-state index contributed by atoms with van der Waals surface area (Å²) in [5, 5.41) is 18.9. The van der Waals surface area contributed by atoms with Gasteiger partial charge in [0.1, 0.15) is 16.8 Å². The summed E-state index contributed by atoms with van der Waals surface area (Å²) in [6.07, 6.45) is 4.94. The minimum atomic E-state index is -0.376. The van der Waals surface area contributed by atoms with Crippen molar-refractivity contribution in [2.24, 2.45) is 0 Å². The Kier molecular flexibility index (Phi) is 7.33. The van der Waals surface area contributed by atoms with Crippen molar-refractivity contribution in [3.05, 3.63) is 65.8 Å². The lowest BCUT2D eigenvalue weighted by atomic mass is 10.1. The summed E-state index contributed by atoms with van der Waals surface area (Å²) >= 11 is 6.34. The van der Waals surface area contributed by atoms with Crippen LogP contribution in [-0.4, -0.2) is 36.1 Å². The fourth-order valence-electron chi connectivity index (χ4n) is 3.72. The Morgan fingerprint density at radius 1 is 1.17 bits per heavy atom. The second kappa shape index (κ2) is 10.8. The van der Waals surface area contributed by atoms with Gasteiger partial charge < -0.3 is 25.6 Å². The normalized spacial score (nSPS) is 12.5. The minimum absolute atomic E-state index is 0.257. The first kappa shape index (κ1) is 23.9. The molecule has 3 aromatic rings. The quantitative estimate of drug-likeness (QED) is 0.369. The van der Waals surface area contributed by atoms with E-state index in [0.29, 0.717) is 34.2 Å². The molecule has 0 radical (unpaired) electrons. The molecule has 0 aliphatic carbocycles. The fraction of sp³-hybridized carbons (Fsp3) is 0.200. The van der Waals surface area contributed by atoms with Crippen LogP contribution in [0.2, 0.25) is 5.02 Å². The summed E-state index contributed by atoms with van der Waals surface area (Å²) < 4.78 is 5.25. The highest BCUT2D eigenvalue weighted by Crippen LogP contribution is 2.33. The minimum Gasteiger partial charge on any atom is -0.497 e. The predicted octanol–water partition coefficient (Wildman–Crippen LogP) is 5.22. The van der Waals surface area contributed by atoms with Gasteiger partial charge in [0.25, 0.3) is 0 Å². The number of nitrogens with one attached hydrogen (secondary N) is 3. The number of halogens is 1. The number of ether oxygens (including phenoxy) is 1. The molecule has 1 amide bonds. The molecule has 0 spiro atoms. The van der Waals surface area contributed by atoms with Crippen LogP contribution >= 0.6 is 11.6 Å². The van der Waals surface area contributed by atoms with Crippen LogP contribution in [0.4, 0.5) is 34.5 Å². The summed E-state index contributed by atoms with van der Waals surface area (Å²) in [7, 11) is 1.54. The third-order valence-corrected chi connectivity index (χ3v) is 5.79. The zero-order valence-electron chi connectivity index (χ0n) is 19.1. The van der Waals surface area contributed by atoms with E-state index in [1.165, 1.54) is 19.4 Å². The highest BCUT2D eigenvalue weighted by molar-refractivity contribution is 6.33. The lowest BCUT2D eigenvalue weighted by Gasteiger charge is -2.19. The number of nitriles is 1. The van der Waals surface area contributed by atoms with Crippen LogP contribution in [0.3, 0.4) is 0 Å². The first-order chi connectivity index (χ1) is 17.0. The van der Waals surface area contributed by atoms with Crippen LogP contribution in [0.15, 0.2) is 55.3 Å². The van der Waals surface area contributed by atoms with Crippen LogP contribution in [0, 0.1) is 11.3 Å². The molecule has 0 saturated carbocycles. The zero-order valence-corrected chi connectivity index (χ0v) is 19.9. The van der Waals surface area contributed by atoms with E-state index in [0.717, 1.165) is 31.6 Å². The van der Waals surface area contributed by atoms with Gasteiger partial charge in [-0.1, -0.05) is 18.2 Å². The van der Waals surface area contributed by atoms with Crippen LogP contribution in [0.25, 0.3) is 0 Å². The number of rotatable bonds is 8. The van der Waals surface area contributed by atoms with E-state index >= 15 is 0 Å². The van der Waals surface area contributed by atoms with Gasteiger partial charge in [-0.3, -0.25) is 4.79 Å². The smallest absolute Gasteiger partial charge is 0.247 e. The van der Waals surface area contributed by atoms with Crippen molar-refractivity contribution in [3.63, 3.8) is 0 Å². The van der Waals surface area contributed by atoms with Gasteiger partial charge in [0.05, 0.1) is 35.9 Å². The molecular formula is C25H24ClN7O2. The molecule has 2 aromatic carbocycles. The van der Waals surface area contributed by atoms with E-state index in [1.807, 2.05) is 18.2 Å². The van der Waals surface area contributed by atoms with E-state index in [2.05, 4.69) is 43.5 Å². The van der Waals surface area contributed by atoms with Gasteiger partial charge in [0, 0.05) is 24.8 Å². The van der Waals surface area contributed by atoms with Crippen molar-refractivity contribution in [1.29, 1.82) is 5.26 Å². The molecular weight excluding hydrogens is 466 g/mol. The number of hydrogen-bond acceptors (Lipinski definition) is 8. The van der Waals surface area contributed by atoms with E-state index < -0.39 is 0 Å². The van der Waals surface area contributed by atoms with Crippen molar-refractivity contribution in [1.82, 2.24) is 9.97 Å². The Hall–Kier alpha value is -4.29. The van der Waals surface area contributed by atoms with E-state index in [4.69, 9.17) is 16.3 Å². The molecule has 0 atom stereocenters. The molecule has 1 saturated heterocycles. The number of carbonyl (C=O) groups excluding carboxylic acids is 1. The largest absolute Gasteiger partial charge is 0.497 e. The number of nitrogens with zero attached hydrogens (tertiary/aromatic N) is 4. The molecule has 1 fully saturated rings. The van der Waals surface area contributed by atoms with Gasteiger partial charge in [0.2, 0.25) is 11.9 Å². The molecule has 1 aliphatic heterocycles. The highest BCUT2D eigenvalue weighted by Gasteiger charge is 2.16. The number of benzene rings is 2. The SMILES string of the molecule is C=CC(=O)Nc1cc(OC)ccc1Nc1nc(Nc2ccc(N3CCCC3)cc2C#N)ncc1Cl. The van der Waals surface area contributed by atoms with E-state index in [-0.39, 0.29) is 16.9 Å². The lowest BCUT2D eigenvalue weighted by molar-refractivity contribution is -0.111. The van der Waals surface area contributed by atoms with Crippen molar-refractivity contribution < 1.29 is 9.53 Å². The predicted molar refractivity (Wildman–Crippen MR) is 138 cm³/mol. The highest BCUT2D eigenvalue weighted by atomic mass is 35.5. The Labute approximate surface area is 208 Å². The number of anilines is 6. The lowest BCUT2D eigenvalue weighted by Crippen LogP contribution is -2.17. The number of hydrogen-bond donors (Lipinski definition) is 3. The van der Waals surface area contributed by atoms with Crippen LogP contribution in [-0.2, 0) is 4.79 Å². The van der Waals surface area contributed by atoms with Crippen molar-refractivity contribution >= 4 is 52.0 Å². The van der Waals surface area contributed by atoms with Gasteiger partial charge in [-0.15, -0.1) is 0 Å². The third kappa shape index (κ3) is 5.62. The van der Waals surface area contributed by atoms with Gasteiger partial charge in [-0.25, -0.2) is 4.98 Å². The first-order valence-electron chi connectivity index (χ1n) is 11.0. The van der Waals surface area contributed by atoms with Crippen molar-refractivity contribution in [3.8, 4) is 11.8 Å². The molecule has 1 aromatic heterocycles. The molecule has 4 rings (SSSR count). The fourth-order valence-corrected chi connectivity index (χ4v) is 3.85. The summed E-state index contributed by atoms with van der Waals surface area (Å²) in [5.41, 5.74) is 3.11. The van der Waals surface area contributed by atoms with Crippen LogP contribution in [0.1, 0.15) is 18.4 Å². The Morgan fingerprint density at radius 2 is 1.94 bits per heavy atom. The summed E-state index contributed by atoms with van der Waals surface area (Å²) in [6.45, 7) is 5.47. The van der Waals surface area contributed by atoms with Crippen molar-refractivity contribution in [2.45, 2.75) is 12.8 Å². The number of methoxy groups -OCH3 is 1. The summed E-state index contributed by atoms with van der Waals surface area (Å²) in [4.78, 5) is 22.9. The van der Waals surface area contributed by atoms with Gasteiger partial charge in [-0.05, 0) is 49.2 Å². The standard InChI is InChI=1S/C25H24ClN7O2/c1-3-23(34)29-22-13-18(35-2)7-9-21(22)30-24-19(26)15-28-25(32-24)31-20-8-6-17(12-16(20)14-27)33-10-4-5-11-33/h3,6-9,12-13,15H,1,4-5,10-11H2,2H3,(H,29,34)(H2,28,30,31,32). The topological polar surface area (TPSA) is 115 Å². The molecule has 2 heterocycles.